The quantitative estimate of drug-likeness (QED) is 0.636. The van der Waals surface area contributed by atoms with Crippen LogP contribution in [0.2, 0.25) is 0 Å². The Morgan fingerprint density at radius 2 is 1.76 bits per heavy atom. The van der Waals surface area contributed by atoms with Gasteiger partial charge in [0.1, 0.15) is 11.5 Å². The molecule has 0 aliphatic carbocycles. The molecule has 0 atom stereocenters. The summed E-state index contributed by atoms with van der Waals surface area (Å²) in [5, 5.41) is 0. The fraction of sp³-hybridized carbons (Fsp3) is 0.381. The topological polar surface area (TPSA) is 68.0 Å². The summed E-state index contributed by atoms with van der Waals surface area (Å²) in [5.41, 5.74) is 6.93. The smallest absolute Gasteiger partial charge is 0.248 e. The second-order valence-corrected chi connectivity index (χ2v) is 6.59. The predicted octanol–water partition coefficient (Wildman–Crippen LogP) is 3.23. The normalized spacial score (nSPS) is 13.8. The Morgan fingerprint density at radius 3 is 2.45 bits per heavy atom. The van der Waals surface area contributed by atoms with Crippen molar-refractivity contribution in [1.82, 2.24) is 4.90 Å². The molecule has 0 spiro atoms. The molecule has 1 heterocycles. The summed E-state index contributed by atoms with van der Waals surface area (Å²) in [5.74, 6) is 1.18. The number of rotatable bonds is 8. The van der Waals surface area contributed by atoms with Crippen molar-refractivity contribution in [2.24, 2.45) is 5.73 Å². The van der Waals surface area contributed by atoms with Gasteiger partial charge in [0.05, 0.1) is 19.4 Å². The summed E-state index contributed by atoms with van der Waals surface area (Å²) in [7, 11) is 1.72. The van der Waals surface area contributed by atoms with E-state index in [4.69, 9.17) is 15.2 Å². The van der Waals surface area contributed by atoms with Crippen LogP contribution in [0, 0.1) is 0 Å². The van der Waals surface area contributed by atoms with Gasteiger partial charge in [0.25, 0.3) is 0 Å². The Hall–Kier alpha value is -2.15. The second kappa shape index (κ2) is 12.4. The number of hydrogen-bond acceptors (Lipinski definition) is 5. The molecule has 6 nitrogen and oxygen atoms in total. The maximum absolute atomic E-state index is 11.2. The Balaban J connectivity index is 0.00000210. The van der Waals surface area contributed by atoms with E-state index in [9.17, 15) is 4.79 Å². The standard InChI is InChI=1S/C21H27N3O3.2ClH/c1-26-20-9-3-2-8-19(20)24-13-11-23(12-14-24)10-5-15-27-18-7-4-6-17(16-18)21(22)25;;/h2-4,6-9,16H,5,10-15H2,1H3,(H2,22,25);2*1H. The first-order chi connectivity index (χ1) is 13.2. The van der Waals surface area contributed by atoms with Crippen molar-refractivity contribution in [3.63, 3.8) is 0 Å². The van der Waals surface area contributed by atoms with Crippen molar-refractivity contribution in [2.45, 2.75) is 6.42 Å². The van der Waals surface area contributed by atoms with Gasteiger partial charge in [0.2, 0.25) is 5.91 Å². The molecule has 1 aliphatic rings. The minimum Gasteiger partial charge on any atom is -0.495 e. The van der Waals surface area contributed by atoms with Crippen molar-refractivity contribution in [3.8, 4) is 11.5 Å². The van der Waals surface area contributed by atoms with E-state index < -0.39 is 5.91 Å². The molecule has 160 valence electrons. The number of amides is 1. The molecule has 0 saturated carbocycles. The van der Waals surface area contributed by atoms with Crippen LogP contribution in [-0.2, 0) is 0 Å². The minimum atomic E-state index is -0.437. The summed E-state index contributed by atoms with van der Waals surface area (Å²) in [4.78, 5) is 16.0. The van der Waals surface area contributed by atoms with Crippen molar-refractivity contribution in [1.29, 1.82) is 0 Å². The van der Waals surface area contributed by atoms with Gasteiger partial charge in [-0.2, -0.15) is 0 Å². The molecule has 2 aromatic rings. The number of piperazine rings is 1. The zero-order valence-corrected chi connectivity index (χ0v) is 18.2. The van der Waals surface area contributed by atoms with E-state index >= 15 is 0 Å². The summed E-state index contributed by atoms with van der Waals surface area (Å²) in [6.07, 6.45) is 0.940. The van der Waals surface area contributed by atoms with Gasteiger partial charge < -0.3 is 20.1 Å². The maximum Gasteiger partial charge on any atom is 0.248 e. The van der Waals surface area contributed by atoms with Gasteiger partial charge in [-0.05, 0) is 36.8 Å². The lowest BCUT2D eigenvalue weighted by molar-refractivity contribution is 0.1000. The van der Waals surface area contributed by atoms with E-state index in [-0.39, 0.29) is 24.8 Å². The van der Waals surface area contributed by atoms with E-state index in [0.717, 1.165) is 50.6 Å². The number of nitrogens with two attached hydrogens (primary N) is 1. The van der Waals surface area contributed by atoms with Crippen LogP contribution in [0.15, 0.2) is 48.5 Å². The number of nitrogens with zero attached hydrogens (tertiary/aromatic N) is 2. The average molecular weight is 442 g/mol. The molecule has 3 rings (SSSR count). The van der Waals surface area contributed by atoms with Crippen LogP contribution >= 0.6 is 24.8 Å². The van der Waals surface area contributed by atoms with E-state index in [1.165, 1.54) is 0 Å². The Labute approximate surface area is 184 Å². The van der Waals surface area contributed by atoms with E-state index in [0.29, 0.717) is 17.9 Å². The van der Waals surface area contributed by atoms with Gasteiger partial charge in [-0.25, -0.2) is 0 Å². The number of halogens is 2. The van der Waals surface area contributed by atoms with E-state index in [2.05, 4.69) is 21.9 Å². The Morgan fingerprint density at radius 1 is 1.03 bits per heavy atom. The summed E-state index contributed by atoms with van der Waals surface area (Å²) < 4.78 is 11.2. The molecule has 1 amide bonds. The zero-order valence-electron chi connectivity index (χ0n) is 16.6. The van der Waals surface area contributed by atoms with Gasteiger partial charge in [0.15, 0.2) is 0 Å². The number of methoxy groups -OCH3 is 1. The third-order valence-corrected chi connectivity index (χ3v) is 4.80. The zero-order chi connectivity index (χ0) is 19.1. The molecule has 2 N–H and O–H groups in total. The highest BCUT2D eigenvalue weighted by atomic mass is 35.5. The largest absolute Gasteiger partial charge is 0.495 e. The molecule has 8 heteroatoms. The number of anilines is 1. The van der Waals surface area contributed by atoms with Gasteiger partial charge in [-0.1, -0.05) is 18.2 Å². The molecule has 0 unspecified atom stereocenters. The number of hydrogen-bond donors (Lipinski definition) is 1. The van der Waals surface area contributed by atoms with Crippen LogP contribution in [0.1, 0.15) is 16.8 Å². The van der Waals surface area contributed by atoms with Crippen LogP contribution < -0.4 is 20.1 Å². The van der Waals surface area contributed by atoms with Crippen molar-refractivity contribution in [2.75, 3.05) is 51.3 Å². The van der Waals surface area contributed by atoms with E-state index in [1.807, 2.05) is 18.2 Å². The summed E-state index contributed by atoms with van der Waals surface area (Å²) >= 11 is 0. The lowest BCUT2D eigenvalue weighted by Crippen LogP contribution is -2.46. The fourth-order valence-corrected chi connectivity index (χ4v) is 3.32. The molecule has 1 fully saturated rings. The first-order valence-electron chi connectivity index (χ1n) is 9.30. The highest BCUT2D eigenvalue weighted by Crippen LogP contribution is 2.28. The summed E-state index contributed by atoms with van der Waals surface area (Å²) in [6, 6.07) is 15.2. The minimum absolute atomic E-state index is 0. The van der Waals surface area contributed by atoms with Crippen LogP contribution in [0.5, 0.6) is 11.5 Å². The molecule has 0 bridgehead atoms. The van der Waals surface area contributed by atoms with Crippen LogP contribution in [0.25, 0.3) is 0 Å². The summed E-state index contributed by atoms with van der Waals surface area (Å²) in [6.45, 7) is 5.64. The number of para-hydroxylation sites is 2. The number of carbonyl (C=O) groups is 1. The highest BCUT2D eigenvalue weighted by molar-refractivity contribution is 5.93. The number of primary amides is 1. The molecular formula is C21H29Cl2N3O3. The molecule has 1 saturated heterocycles. The Bertz CT molecular complexity index is 768. The van der Waals surface area contributed by atoms with Crippen LogP contribution in [0.4, 0.5) is 5.69 Å². The maximum atomic E-state index is 11.2. The average Bonchev–Trinajstić information content (AvgIpc) is 2.72. The number of carbonyl (C=O) groups excluding carboxylic acids is 1. The molecule has 29 heavy (non-hydrogen) atoms. The second-order valence-electron chi connectivity index (χ2n) is 6.59. The van der Waals surface area contributed by atoms with Crippen LogP contribution in [0.3, 0.4) is 0 Å². The third kappa shape index (κ3) is 6.99. The van der Waals surface area contributed by atoms with Gasteiger partial charge in [-0.3, -0.25) is 9.69 Å². The first-order valence-corrected chi connectivity index (χ1v) is 9.30. The van der Waals surface area contributed by atoms with Gasteiger partial charge >= 0.3 is 0 Å². The first kappa shape index (κ1) is 24.9. The highest BCUT2D eigenvalue weighted by Gasteiger charge is 2.19. The van der Waals surface area contributed by atoms with Gasteiger partial charge in [0, 0.05) is 38.3 Å². The number of ether oxygens (including phenoxy) is 2. The molecule has 1 aliphatic heterocycles. The molecule has 0 radical (unpaired) electrons. The van der Waals surface area contributed by atoms with Crippen molar-refractivity contribution in [3.05, 3.63) is 54.1 Å². The number of benzene rings is 2. The predicted molar refractivity (Wildman–Crippen MR) is 121 cm³/mol. The monoisotopic (exact) mass is 441 g/mol. The third-order valence-electron chi connectivity index (χ3n) is 4.80. The van der Waals surface area contributed by atoms with Crippen LogP contribution in [-0.4, -0.2) is 57.2 Å². The molecule has 0 aromatic heterocycles. The lowest BCUT2D eigenvalue weighted by atomic mass is 10.2. The van der Waals surface area contributed by atoms with Crippen molar-refractivity contribution < 1.29 is 14.3 Å². The van der Waals surface area contributed by atoms with E-state index in [1.54, 1.807) is 25.3 Å². The fourth-order valence-electron chi connectivity index (χ4n) is 3.32. The van der Waals surface area contributed by atoms with Gasteiger partial charge in [-0.15, -0.1) is 24.8 Å². The molecule has 2 aromatic carbocycles. The lowest BCUT2D eigenvalue weighted by Gasteiger charge is -2.36. The Kier molecular flexibility index (Phi) is 10.7. The van der Waals surface area contributed by atoms with Crippen molar-refractivity contribution >= 4 is 36.4 Å². The molecular weight excluding hydrogens is 413 g/mol. The SMILES string of the molecule is COc1ccccc1N1CCN(CCCOc2cccc(C(N)=O)c2)CC1.Cl.Cl.